The molecule has 8 heteroatoms. The monoisotopic (exact) mass is 464 g/mol. The molecule has 4 aromatic rings. The average molecular weight is 465 g/mol. The molecule has 0 spiro atoms. The van der Waals surface area contributed by atoms with Gasteiger partial charge in [0.1, 0.15) is 17.6 Å². The Morgan fingerprint density at radius 2 is 1.97 bits per heavy atom. The number of aromatic nitrogens is 3. The fraction of sp³-hybridized carbons (Fsp3) is 0.320. The van der Waals surface area contributed by atoms with Gasteiger partial charge in [-0.25, -0.2) is 4.42 Å². The fourth-order valence-corrected chi connectivity index (χ4v) is 4.62. The summed E-state index contributed by atoms with van der Waals surface area (Å²) in [6.45, 7) is 5.74. The number of ether oxygens (including phenoxy) is 1. The fourth-order valence-electron chi connectivity index (χ4n) is 4.42. The predicted molar refractivity (Wildman–Crippen MR) is 128 cm³/mol. The van der Waals surface area contributed by atoms with Crippen LogP contribution >= 0.6 is 11.8 Å². The minimum absolute atomic E-state index is 0.0383. The molecule has 4 heterocycles. The van der Waals surface area contributed by atoms with Crippen LogP contribution in [-0.2, 0) is 6.54 Å². The van der Waals surface area contributed by atoms with E-state index in [1.807, 2.05) is 44.2 Å². The van der Waals surface area contributed by atoms with Crippen molar-refractivity contribution in [2.24, 2.45) is 0 Å². The lowest BCUT2D eigenvalue weighted by molar-refractivity contribution is 0.137. The van der Waals surface area contributed by atoms with Gasteiger partial charge in [0.05, 0.1) is 29.0 Å². The maximum Gasteiger partial charge on any atom is 0.251 e. The van der Waals surface area contributed by atoms with Crippen molar-refractivity contribution in [3.05, 3.63) is 76.2 Å². The summed E-state index contributed by atoms with van der Waals surface area (Å²) in [5.74, 6) is 1.44. The number of fused-ring (bicyclic) bond motifs is 1. The Morgan fingerprint density at radius 3 is 2.67 bits per heavy atom. The zero-order chi connectivity index (χ0) is 22.9. The lowest BCUT2D eigenvalue weighted by Crippen LogP contribution is -2.33. The van der Waals surface area contributed by atoms with Crippen LogP contribution in [0.5, 0.6) is 5.75 Å². The number of aryl methyl sites for hydroxylation is 2. The molecule has 0 N–H and O–H groups in total. The lowest BCUT2D eigenvalue weighted by atomic mass is 10.00. The van der Waals surface area contributed by atoms with E-state index in [1.54, 1.807) is 21.2 Å². The van der Waals surface area contributed by atoms with Crippen LogP contribution in [0.1, 0.15) is 30.0 Å². The van der Waals surface area contributed by atoms with Gasteiger partial charge in [-0.3, -0.25) is 9.78 Å². The van der Waals surface area contributed by atoms with Crippen molar-refractivity contribution >= 4 is 22.7 Å². The SMILES string of the molecule is Cc1noc(C)c1-c1cc2ccc(=O)n(Cc3ccccn3)c2cc1OC1CCN(Cl)CC1. The highest BCUT2D eigenvalue weighted by atomic mass is 35.5. The largest absolute Gasteiger partial charge is 0.490 e. The van der Waals surface area contributed by atoms with E-state index in [9.17, 15) is 4.79 Å². The van der Waals surface area contributed by atoms with E-state index < -0.39 is 0 Å². The van der Waals surface area contributed by atoms with Gasteiger partial charge in [-0.15, -0.1) is 0 Å². The van der Waals surface area contributed by atoms with Crippen molar-refractivity contribution in [3.63, 3.8) is 0 Å². The Balaban J connectivity index is 1.65. The maximum absolute atomic E-state index is 12.8. The second kappa shape index (κ2) is 9.00. The van der Waals surface area contributed by atoms with Gasteiger partial charge in [-0.1, -0.05) is 11.2 Å². The molecule has 1 aliphatic heterocycles. The Morgan fingerprint density at radius 1 is 1.15 bits per heavy atom. The first kappa shape index (κ1) is 21.7. The molecule has 0 amide bonds. The highest BCUT2D eigenvalue weighted by Gasteiger charge is 2.24. The summed E-state index contributed by atoms with van der Waals surface area (Å²) >= 11 is 6.15. The molecule has 3 aromatic heterocycles. The molecule has 1 saturated heterocycles. The molecule has 1 fully saturated rings. The van der Waals surface area contributed by atoms with Gasteiger partial charge in [0.2, 0.25) is 0 Å². The first-order valence-corrected chi connectivity index (χ1v) is 11.4. The van der Waals surface area contributed by atoms with E-state index in [2.05, 4.69) is 16.2 Å². The molecular formula is C25H25ClN4O3. The Hall–Kier alpha value is -3.16. The van der Waals surface area contributed by atoms with Crippen molar-refractivity contribution in [2.45, 2.75) is 39.3 Å². The van der Waals surface area contributed by atoms with Crippen LogP contribution < -0.4 is 10.3 Å². The Bertz CT molecular complexity index is 1320. The average Bonchev–Trinajstić information content (AvgIpc) is 3.15. The molecular weight excluding hydrogens is 440 g/mol. The Kier molecular flexibility index (Phi) is 5.91. The molecule has 0 bridgehead atoms. The van der Waals surface area contributed by atoms with Gasteiger partial charge in [0.15, 0.2) is 0 Å². The van der Waals surface area contributed by atoms with Crippen molar-refractivity contribution < 1.29 is 9.26 Å². The number of rotatable bonds is 5. The quantitative estimate of drug-likeness (QED) is 0.398. The van der Waals surface area contributed by atoms with Gasteiger partial charge in [0, 0.05) is 37.0 Å². The van der Waals surface area contributed by atoms with Crippen LogP contribution in [0.2, 0.25) is 0 Å². The van der Waals surface area contributed by atoms with Crippen LogP contribution in [0, 0.1) is 13.8 Å². The summed E-state index contributed by atoms with van der Waals surface area (Å²) in [7, 11) is 0. The second-order valence-corrected chi connectivity index (χ2v) is 8.89. The van der Waals surface area contributed by atoms with Crippen molar-refractivity contribution in [3.8, 4) is 16.9 Å². The standard InChI is InChI=1S/C25H25ClN4O3/c1-16-25(17(2)33-28-16)21-13-18-6-7-24(31)30(15-19-5-3-4-10-27-19)22(18)14-23(21)32-20-8-11-29(26)12-9-20/h3-7,10,13-14,20H,8-9,11-12,15H2,1-2H3. The molecule has 0 atom stereocenters. The van der Waals surface area contributed by atoms with E-state index in [4.69, 9.17) is 21.0 Å². The molecule has 1 aromatic carbocycles. The van der Waals surface area contributed by atoms with Crippen LogP contribution in [0.25, 0.3) is 22.0 Å². The molecule has 0 radical (unpaired) electrons. The highest BCUT2D eigenvalue weighted by molar-refractivity contribution is 6.13. The smallest absolute Gasteiger partial charge is 0.251 e. The second-order valence-electron chi connectivity index (χ2n) is 8.41. The zero-order valence-corrected chi connectivity index (χ0v) is 19.4. The van der Waals surface area contributed by atoms with E-state index in [-0.39, 0.29) is 11.7 Å². The third kappa shape index (κ3) is 4.38. The van der Waals surface area contributed by atoms with Gasteiger partial charge in [-0.2, -0.15) is 0 Å². The number of piperidine rings is 1. The predicted octanol–water partition coefficient (Wildman–Crippen LogP) is 4.71. The third-order valence-corrected chi connectivity index (χ3v) is 6.46. The van der Waals surface area contributed by atoms with Crippen LogP contribution in [0.4, 0.5) is 0 Å². The number of pyridine rings is 2. The molecule has 5 rings (SSSR count). The van der Waals surface area contributed by atoms with Crippen LogP contribution in [-0.4, -0.2) is 38.3 Å². The van der Waals surface area contributed by atoms with Crippen LogP contribution in [0.3, 0.4) is 0 Å². The van der Waals surface area contributed by atoms with Gasteiger partial charge >= 0.3 is 0 Å². The number of nitrogens with zero attached hydrogens (tertiary/aromatic N) is 4. The molecule has 7 nitrogen and oxygen atoms in total. The van der Waals surface area contributed by atoms with Gasteiger partial charge in [0.25, 0.3) is 5.56 Å². The Labute approximate surface area is 196 Å². The van der Waals surface area contributed by atoms with Crippen molar-refractivity contribution in [2.75, 3.05) is 13.1 Å². The molecule has 0 aliphatic carbocycles. The van der Waals surface area contributed by atoms with Crippen molar-refractivity contribution in [1.29, 1.82) is 0 Å². The zero-order valence-electron chi connectivity index (χ0n) is 18.6. The summed E-state index contributed by atoms with van der Waals surface area (Å²) < 4.78 is 15.5. The normalized spacial score (nSPS) is 15.2. The maximum atomic E-state index is 12.8. The third-order valence-electron chi connectivity index (χ3n) is 6.12. The van der Waals surface area contributed by atoms with Crippen LogP contribution in [0.15, 0.2) is 58.0 Å². The molecule has 170 valence electrons. The van der Waals surface area contributed by atoms with Crippen molar-refractivity contribution in [1.82, 2.24) is 19.1 Å². The molecule has 0 unspecified atom stereocenters. The first-order chi connectivity index (χ1) is 16.0. The molecule has 33 heavy (non-hydrogen) atoms. The summed E-state index contributed by atoms with van der Waals surface area (Å²) in [4.78, 5) is 17.2. The minimum atomic E-state index is -0.0837. The topological polar surface area (TPSA) is 73.4 Å². The van der Waals surface area contributed by atoms with E-state index >= 15 is 0 Å². The summed E-state index contributed by atoms with van der Waals surface area (Å²) in [5.41, 5.74) is 4.17. The first-order valence-electron chi connectivity index (χ1n) is 11.1. The van der Waals surface area contributed by atoms with Gasteiger partial charge < -0.3 is 13.8 Å². The lowest BCUT2D eigenvalue weighted by Gasteiger charge is -2.28. The minimum Gasteiger partial charge on any atom is -0.490 e. The van der Waals surface area contributed by atoms with E-state index in [0.29, 0.717) is 12.3 Å². The summed E-state index contributed by atoms with van der Waals surface area (Å²) in [5, 5.41) is 5.07. The highest BCUT2D eigenvalue weighted by Crippen LogP contribution is 2.38. The van der Waals surface area contributed by atoms with E-state index in [0.717, 1.165) is 65.1 Å². The number of halogens is 1. The molecule has 1 aliphatic rings. The number of benzene rings is 1. The summed E-state index contributed by atoms with van der Waals surface area (Å²) in [6.07, 6.45) is 3.44. The number of hydrogen-bond acceptors (Lipinski definition) is 6. The number of hydrogen-bond donors (Lipinski definition) is 0. The summed E-state index contributed by atoms with van der Waals surface area (Å²) in [6, 6.07) is 13.2. The van der Waals surface area contributed by atoms with Gasteiger partial charge in [-0.05, 0) is 68.1 Å². The van der Waals surface area contributed by atoms with E-state index in [1.165, 1.54) is 0 Å². The molecule has 0 saturated carbocycles.